The number of likely N-dealkylation sites (tertiary alicyclic amines) is 1. The zero-order valence-corrected chi connectivity index (χ0v) is 17.5. The Hall–Kier alpha value is -1.33. The van der Waals surface area contributed by atoms with Crippen molar-refractivity contribution in [3.63, 3.8) is 0 Å². The van der Waals surface area contributed by atoms with E-state index >= 15 is 0 Å². The standard InChI is InChI=1S/C20H33NO3Si/c1-20(2,3)18(24-25(4)5)17-12-9-13-21(14-17)19(22)23-15-16-10-7-6-8-11-16/h6-8,10-11,17-18,25H,9,12-15H2,1-5H3. The molecule has 1 saturated heterocycles. The van der Waals surface area contributed by atoms with Gasteiger partial charge in [0.05, 0.1) is 6.10 Å². The number of rotatable bonds is 5. The van der Waals surface area contributed by atoms with Crippen LogP contribution in [0.3, 0.4) is 0 Å². The van der Waals surface area contributed by atoms with E-state index < -0.39 is 9.04 Å². The summed E-state index contributed by atoms with van der Waals surface area (Å²) in [6.45, 7) is 13.0. The second-order valence-corrected chi connectivity index (χ2v) is 10.7. The molecule has 0 saturated carbocycles. The minimum atomic E-state index is -1.13. The maximum Gasteiger partial charge on any atom is 0.410 e. The van der Waals surface area contributed by atoms with Crippen molar-refractivity contribution in [2.24, 2.45) is 11.3 Å². The van der Waals surface area contributed by atoms with Crippen molar-refractivity contribution in [1.29, 1.82) is 0 Å². The average Bonchev–Trinajstić information content (AvgIpc) is 2.57. The lowest BCUT2D eigenvalue weighted by Gasteiger charge is -2.42. The first-order valence-corrected chi connectivity index (χ1v) is 12.2. The van der Waals surface area contributed by atoms with Gasteiger partial charge in [0.25, 0.3) is 0 Å². The molecule has 1 aliphatic heterocycles. The highest BCUT2D eigenvalue weighted by Gasteiger charge is 2.37. The summed E-state index contributed by atoms with van der Waals surface area (Å²) in [5.74, 6) is 0.382. The number of benzene rings is 1. The average molecular weight is 364 g/mol. The lowest BCUT2D eigenvalue weighted by molar-refractivity contribution is -0.00310. The molecule has 0 bridgehead atoms. The summed E-state index contributed by atoms with van der Waals surface area (Å²) in [7, 11) is -1.13. The van der Waals surface area contributed by atoms with Crippen molar-refractivity contribution >= 4 is 15.1 Å². The molecule has 5 heteroatoms. The molecule has 140 valence electrons. The molecule has 2 unspecified atom stereocenters. The van der Waals surface area contributed by atoms with E-state index in [1.165, 1.54) is 0 Å². The molecule has 2 atom stereocenters. The Morgan fingerprint density at radius 3 is 2.56 bits per heavy atom. The predicted octanol–water partition coefficient (Wildman–Crippen LogP) is 4.45. The third-order valence-corrected chi connectivity index (χ3v) is 5.46. The molecule has 1 aliphatic rings. The molecule has 0 N–H and O–H groups in total. The Kier molecular flexibility index (Phi) is 7.08. The van der Waals surface area contributed by atoms with Gasteiger partial charge in [-0.25, -0.2) is 4.79 Å². The van der Waals surface area contributed by atoms with Gasteiger partial charge in [0, 0.05) is 19.0 Å². The van der Waals surface area contributed by atoms with Crippen LogP contribution in [0.4, 0.5) is 4.79 Å². The summed E-state index contributed by atoms with van der Waals surface area (Å²) in [5.41, 5.74) is 1.10. The topological polar surface area (TPSA) is 38.8 Å². The molecule has 0 radical (unpaired) electrons. The van der Waals surface area contributed by atoms with Gasteiger partial charge in [-0.1, -0.05) is 51.1 Å². The van der Waals surface area contributed by atoms with Gasteiger partial charge >= 0.3 is 6.09 Å². The number of ether oxygens (including phenoxy) is 1. The van der Waals surface area contributed by atoms with E-state index in [0.29, 0.717) is 12.5 Å². The van der Waals surface area contributed by atoms with Gasteiger partial charge in [-0.2, -0.15) is 0 Å². The van der Waals surface area contributed by atoms with Crippen LogP contribution in [0.1, 0.15) is 39.2 Å². The largest absolute Gasteiger partial charge is 0.445 e. The van der Waals surface area contributed by atoms with Crippen molar-refractivity contribution in [3.05, 3.63) is 35.9 Å². The van der Waals surface area contributed by atoms with Gasteiger partial charge in [-0.3, -0.25) is 0 Å². The number of amides is 1. The molecular weight excluding hydrogens is 330 g/mol. The Morgan fingerprint density at radius 2 is 1.96 bits per heavy atom. The van der Waals surface area contributed by atoms with E-state index in [4.69, 9.17) is 9.16 Å². The number of hydrogen-bond donors (Lipinski definition) is 0. The second kappa shape index (κ2) is 8.85. The fraction of sp³-hybridized carbons (Fsp3) is 0.650. The SMILES string of the molecule is C[SiH](C)OC(C1CCCN(C(=O)OCc2ccccc2)C1)C(C)(C)C. The summed E-state index contributed by atoms with van der Waals surface area (Å²) < 4.78 is 11.9. The van der Waals surface area contributed by atoms with Crippen LogP contribution in [0.2, 0.25) is 13.1 Å². The monoisotopic (exact) mass is 363 g/mol. The maximum atomic E-state index is 12.5. The molecule has 1 heterocycles. The lowest BCUT2D eigenvalue weighted by Crippen LogP contribution is -2.49. The zero-order chi connectivity index (χ0) is 18.4. The Balaban J connectivity index is 1.95. The van der Waals surface area contributed by atoms with Crippen molar-refractivity contribution in [2.45, 2.75) is 59.4 Å². The van der Waals surface area contributed by atoms with Crippen molar-refractivity contribution in [2.75, 3.05) is 13.1 Å². The fourth-order valence-electron chi connectivity index (χ4n) is 3.55. The lowest BCUT2D eigenvalue weighted by atomic mass is 9.78. The van der Waals surface area contributed by atoms with Crippen molar-refractivity contribution in [1.82, 2.24) is 4.90 Å². The summed E-state index contributed by atoms with van der Waals surface area (Å²) in [5, 5.41) is 0. The second-order valence-electron chi connectivity index (χ2n) is 8.36. The molecule has 1 fully saturated rings. The summed E-state index contributed by atoms with van der Waals surface area (Å²) in [6, 6.07) is 9.83. The van der Waals surface area contributed by atoms with Crippen LogP contribution in [0.25, 0.3) is 0 Å². The molecule has 1 aromatic rings. The summed E-state index contributed by atoms with van der Waals surface area (Å²) in [4.78, 5) is 14.3. The van der Waals surface area contributed by atoms with Gasteiger partial charge in [0.1, 0.15) is 6.61 Å². The Bertz CT molecular complexity index is 542. The highest BCUT2D eigenvalue weighted by molar-refractivity contribution is 6.48. The van der Waals surface area contributed by atoms with Crippen LogP contribution in [-0.4, -0.2) is 39.2 Å². The molecule has 2 rings (SSSR count). The van der Waals surface area contributed by atoms with E-state index in [0.717, 1.165) is 31.5 Å². The number of carbonyl (C=O) groups is 1. The van der Waals surface area contributed by atoms with Crippen molar-refractivity contribution in [3.8, 4) is 0 Å². The molecule has 1 aromatic carbocycles. The van der Waals surface area contributed by atoms with Crippen LogP contribution in [0.5, 0.6) is 0 Å². The first-order valence-electron chi connectivity index (χ1n) is 9.38. The van der Waals surface area contributed by atoms with Crippen LogP contribution in [0, 0.1) is 11.3 Å². The normalized spacial score (nSPS) is 19.8. The van der Waals surface area contributed by atoms with Gasteiger partial charge in [-0.15, -0.1) is 0 Å². The molecule has 1 amide bonds. The highest BCUT2D eigenvalue weighted by Crippen LogP contribution is 2.34. The van der Waals surface area contributed by atoms with Crippen LogP contribution < -0.4 is 0 Å². The Labute approximate surface area is 154 Å². The third-order valence-electron chi connectivity index (χ3n) is 4.62. The minimum absolute atomic E-state index is 0.0822. The predicted molar refractivity (Wildman–Crippen MR) is 104 cm³/mol. The van der Waals surface area contributed by atoms with E-state index in [1.807, 2.05) is 35.2 Å². The van der Waals surface area contributed by atoms with Gasteiger partial charge in [0.2, 0.25) is 0 Å². The smallest absolute Gasteiger partial charge is 0.410 e. The molecule has 4 nitrogen and oxygen atoms in total. The maximum absolute atomic E-state index is 12.5. The van der Waals surface area contributed by atoms with Gasteiger partial charge in [0.15, 0.2) is 9.04 Å². The number of nitrogens with zero attached hydrogens (tertiary/aromatic N) is 1. The van der Waals surface area contributed by atoms with E-state index in [-0.39, 0.29) is 17.6 Å². The third kappa shape index (κ3) is 6.15. The van der Waals surface area contributed by atoms with Crippen LogP contribution in [0.15, 0.2) is 30.3 Å². The number of piperidine rings is 1. The summed E-state index contributed by atoms with van der Waals surface area (Å²) in [6.07, 6.45) is 2.12. The molecule has 25 heavy (non-hydrogen) atoms. The van der Waals surface area contributed by atoms with Gasteiger partial charge in [-0.05, 0) is 36.9 Å². The Morgan fingerprint density at radius 1 is 1.28 bits per heavy atom. The number of hydrogen-bond acceptors (Lipinski definition) is 3. The molecule has 0 aliphatic carbocycles. The van der Waals surface area contributed by atoms with E-state index in [9.17, 15) is 4.79 Å². The molecule has 0 aromatic heterocycles. The quantitative estimate of drug-likeness (QED) is 0.726. The first-order chi connectivity index (χ1) is 11.8. The van der Waals surface area contributed by atoms with Gasteiger partial charge < -0.3 is 14.1 Å². The minimum Gasteiger partial charge on any atom is -0.445 e. The molecular formula is C20H33NO3Si. The van der Waals surface area contributed by atoms with Crippen LogP contribution in [-0.2, 0) is 15.8 Å². The molecule has 0 spiro atoms. The first kappa shape index (κ1) is 20.0. The number of carbonyl (C=O) groups excluding carboxylic acids is 1. The summed E-state index contributed by atoms with van der Waals surface area (Å²) >= 11 is 0. The fourth-order valence-corrected chi connectivity index (χ4v) is 4.77. The van der Waals surface area contributed by atoms with Crippen molar-refractivity contribution < 1.29 is 14.0 Å². The van der Waals surface area contributed by atoms with E-state index in [2.05, 4.69) is 33.9 Å². The zero-order valence-electron chi connectivity index (χ0n) is 16.3. The van der Waals surface area contributed by atoms with E-state index in [1.54, 1.807) is 0 Å². The highest BCUT2D eigenvalue weighted by atomic mass is 28.3. The van der Waals surface area contributed by atoms with Crippen LogP contribution >= 0.6 is 0 Å².